The molecule has 1 atom stereocenters. The summed E-state index contributed by atoms with van der Waals surface area (Å²) in [5.41, 5.74) is 0. The smallest absolute Gasteiger partial charge is 0.0678 e. The van der Waals surface area contributed by atoms with Gasteiger partial charge in [-0.2, -0.15) is 0 Å². The molecule has 1 nitrogen and oxygen atoms in total. The first-order valence-electron chi connectivity index (χ1n) is 2.70. The summed E-state index contributed by atoms with van der Waals surface area (Å²) in [4.78, 5) is 0. The van der Waals surface area contributed by atoms with Gasteiger partial charge >= 0.3 is 0 Å². The van der Waals surface area contributed by atoms with Crippen molar-refractivity contribution in [3.8, 4) is 0 Å². The van der Waals surface area contributed by atoms with Gasteiger partial charge in [-0.05, 0) is 6.42 Å². The minimum Gasteiger partial charge on any atom is -0.381 e. The van der Waals surface area contributed by atoms with E-state index in [2.05, 4.69) is 0 Å². The topological polar surface area (TPSA) is 9.23 Å². The normalized spacial score (nSPS) is 30.4. The maximum Gasteiger partial charge on any atom is 0.0678 e. The van der Waals surface area contributed by atoms with Crippen molar-refractivity contribution in [3.05, 3.63) is 0 Å². The average Bonchev–Trinajstić information content (AvgIpc) is 1.90. The number of rotatable bonds is 1. The largest absolute Gasteiger partial charge is 0.381 e. The molecule has 0 aliphatic carbocycles. The molecule has 3 heteroatoms. The van der Waals surface area contributed by atoms with Crippen LogP contribution in [0, 0.1) is 0 Å². The predicted octanol–water partition coefficient (Wildman–Crippen LogP) is 1.79. The van der Waals surface area contributed by atoms with Crippen LogP contribution in [0.5, 0.6) is 0 Å². The van der Waals surface area contributed by atoms with Gasteiger partial charge in [-0.15, -0.1) is 0 Å². The molecule has 0 spiro atoms. The van der Waals surface area contributed by atoms with Crippen LogP contribution in [-0.4, -0.2) is 24.7 Å². The summed E-state index contributed by atoms with van der Waals surface area (Å²) in [6.45, 7) is 0. The third-order valence-corrected chi connectivity index (χ3v) is 3.68. The molecule has 0 aromatic heterocycles. The first-order chi connectivity index (χ1) is 3.93. The van der Waals surface area contributed by atoms with Crippen molar-refractivity contribution in [1.29, 1.82) is 0 Å². The van der Waals surface area contributed by atoms with Gasteiger partial charge in [0.05, 0.1) is 6.10 Å². The van der Waals surface area contributed by atoms with E-state index in [0.717, 1.165) is 0 Å². The minimum absolute atomic E-state index is 0.529. The second kappa shape index (κ2) is 3.64. The predicted molar refractivity (Wildman–Crippen MR) is 40.3 cm³/mol. The quantitative estimate of drug-likeness (QED) is 0.527. The molecule has 0 radical (unpaired) electrons. The molecule has 48 valence electrons. The van der Waals surface area contributed by atoms with Crippen molar-refractivity contribution >= 4 is 21.6 Å². The molecule has 1 aliphatic heterocycles. The molecular formula is C5H10OS2. The molecule has 0 bridgehead atoms. The molecule has 1 fully saturated rings. The highest BCUT2D eigenvalue weighted by Gasteiger charge is 2.11. The maximum atomic E-state index is 5.16. The molecule has 1 heterocycles. The van der Waals surface area contributed by atoms with E-state index in [9.17, 15) is 0 Å². The SMILES string of the molecule is COC1CCSSC1. The average molecular weight is 150 g/mol. The van der Waals surface area contributed by atoms with Gasteiger partial charge in [0.15, 0.2) is 0 Å². The lowest BCUT2D eigenvalue weighted by atomic mass is 10.3. The molecule has 0 aromatic carbocycles. The highest BCUT2D eigenvalue weighted by molar-refractivity contribution is 8.76. The Hall–Kier alpha value is 0.660. The monoisotopic (exact) mass is 150 g/mol. The number of ether oxygens (including phenoxy) is 1. The Morgan fingerprint density at radius 1 is 1.50 bits per heavy atom. The Morgan fingerprint density at radius 2 is 2.38 bits per heavy atom. The molecule has 0 saturated carbocycles. The molecular weight excluding hydrogens is 140 g/mol. The fourth-order valence-corrected chi connectivity index (χ4v) is 3.05. The summed E-state index contributed by atoms with van der Waals surface area (Å²) < 4.78 is 5.16. The maximum absolute atomic E-state index is 5.16. The molecule has 1 rings (SSSR count). The van der Waals surface area contributed by atoms with Crippen LogP contribution >= 0.6 is 21.6 Å². The van der Waals surface area contributed by atoms with Crippen LogP contribution < -0.4 is 0 Å². The van der Waals surface area contributed by atoms with Crippen LogP contribution in [-0.2, 0) is 4.74 Å². The fourth-order valence-electron chi connectivity index (χ4n) is 0.632. The van der Waals surface area contributed by atoms with Crippen molar-refractivity contribution in [2.24, 2.45) is 0 Å². The van der Waals surface area contributed by atoms with E-state index in [0.29, 0.717) is 6.10 Å². The van der Waals surface area contributed by atoms with Crippen molar-refractivity contribution in [2.75, 3.05) is 18.6 Å². The molecule has 0 amide bonds. The Kier molecular flexibility index (Phi) is 3.08. The van der Waals surface area contributed by atoms with E-state index in [1.807, 2.05) is 21.6 Å². The van der Waals surface area contributed by atoms with Crippen molar-refractivity contribution in [3.63, 3.8) is 0 Å². The summed E-state index contributed by atoms with van der Waals surface area (Å²) in [6, 6.07) is 0. The summed E-state index contributed by atoms with van der Waals surface area (Å²) in [7, 11) is 5.66. The van der Waals surface area contributed by atoms with Crippen molar-refractivity contribution < 1.29 is 4.74 Å². The zero-order chi connectivity index (χ0) is 5.82. The summed E-state index contributed by atoms with van der Waals surface area (Å²) >= 11 is 0. The van der Waals surface area contributed by atoms with Crippen LogP contribution in [0.4, 0.5) is 0 Å². The third kappa shape index (κ3) is 1.88. The van der Waals surface area contributed by atoms with E-state index < -0.39 is 0 Å². The van der Waals surface area contributed by atoms with Crippen LogP contribution in [0.3, 0.4) is 0 Å². The number of methoxy groups -OCH3 is 1. The zero-order valence-corrected chi connectivity index (χ0v) is 6.56. The van der Waals surface area contributed by atoms with Crippen molar-refractivity contribution in [2.45, 2.75) is 12.5 Å². The van der Waals surface area contributed by atoms with E-state index >= 15 is 0 Å². The van der Waals surface area contributed by atoms with E-state index in [1.54, 1.807) is 7.11 Å². The Bertz CT molecular complexity index is 61.4. The second-order valence-corrected chi connectivity index (χ2v) is 4.38. The van der Waals surface area contributed by atoms with Gasteiger partial charge in [-0.3, -0.25) is 0 Å². The van der Waals surface area contributed by atoms with Gasteiger partial charge in [-0.1, -0.05) is 21.6 Å². The molecule has 1 aliphatic rings. The van der Waals surface area contributed by atoms with Crippen LogP contribution in [0.1, 0.15) is 6.42 Å². The summed E-state index contributed by atoms with van der Waals surface area (Å²) in [5, 5.41) is 0. The van der Waals surface area contributed by atoms with Crippen LogP contribution in [0.25, 0.3) is 0 Å². The van der Waals surface area contributed by atoms with Crippen molar-refractivity contribution in [1.82, 2.24) is 0 Å². The molecule has 1 unspecified atom stereocenters. The zero-order valence-electron chi connectivity index (χ0n) is 4.92. The highest BCUT2D eigenvalue weighted by atomic mass is 33.1. The first-order valence-corrected chi connectivity index (χ1v) is 5.19. The number of hydrogen-bond acceptors (Lipinski definition) is 3. The third-order valence-electron chi connectivity index (χ3n) is 1.19. The van der Waals surface area contributed by atoms with Crippen LogP contribution in [0.2, 0.25) is 0 Å². The van der Waals surface area contributed by atoms with E-state index in [4.69, 9.17) is 4.74 Å². The van der Waals surface area contributed by atoms with Gasteiger partial charge in [0.25, 0.3) is 0 Å². The van der Waals surface area contributed by atoms with Gasteiger partial charge in [0.1, 0.15) is 0 Å². The minimum atomic E-state index is 0.529. The Morgan fingerprint density at radius 3 is 2.75 bits per heavy atom. The highest BCUT2D eigenvalue weighted by Crippen LogP contribution is 2.29. The molecule has 8 heavy (non-hydrogen) atoms. The van der Waals surface area contributed by atoms with Gasteiger partial charge in [0.2, 0.25) is 0 Å². The Labute approximate surface area is 58.0 Å². The van der Waals surface area contributed by atoms with Crippen LogP contribution in [0.15, 0.2) is 0 Å². The first kappa shape index (κ1) is 6.78. The van der Waals surface area contributed by atoms with Gasteiger partial charge in [-0.25, -0.2) is 0 Å². The molecule has 0 N–H and O–H groups in total. The lowest BCUT2D eigenvalue weighted by Gasteiger charge is -2.18. The summed E-state index contributed by atoms with van der Waals surface area (Å²) in [5.74, 6) is 2.42. The fraction of sp³-hybridized carbons (Fsp3) is 1.00. The lowest BCUT2D eigenvalue weighted by Crippen LogP contribution is -2.16. The lowest BCUT2D eigenvalue weighted by molar-refractivity contribution is 0.120. The second-order valence-electron chi connectivity index (χ2n) is 1.75. The van der Waals surface area contributed by atoms with E-state index in [-0.39, 0.29) is 0 Å². The van der Waals surface area contributed by atoms with E-state index in [1.165, 1.54) is 17.9 Å². The molecule has 1 saturated heterocycles. The van der Waals surface area contributed by atoms with Gasteiger partial charge < -0.3 is 4.74 Å². The number of hydrogen-bond donors (Lipinski definition) is 0. The summed E-state index contributed by atoms with van der Waals surface area (Å²) in [6.07, 6.45) is 1.76. The van der Waals surface area contributed by atoms with Gasteiger partial charge in [0, 0.05) is 18.6 Å². The Balaban J connectivity index is 2.13. The molecule has 0 aromatic rings. The standard InChI is InChI=1S/C5H10OS2/c1-6-5-2-3-7-8-4-5/h5H,2-4H2,1H3.